The molecule has 17 heavy (non-hydrogen) atoms. The molecule has 4 heteroatoms. The molecule has 0 aliphatic rings. The zero-order chi connectivity index (χ0) is 12.3. The van der Waals surface area contributed by atoms with Crippen molar-refractivity contribution in [2.45, 2.75) is 13.0 Å². The van der Waals surface area contributed by atoms with Crippen LogP contribution < -0.4 is 5.32 Å². The molecular weight excluding hydrogens is 254 g/mol. The van der Waals surface area contributed by atoms with Gasteiger partial charge in [0.25, 0.3) is 5.91 Å². The molecule has 1 aromatic carbocycles. The highest BCUT2D eigenvalue weighted by Crippen LogP contribution is 2.18. The number of halogens is 1. The van der Waals surface area contributed by atoms with E-state index in [1.165, 1.54) is 11.3 Å². The van der Waals surface area contributed by atoms with Crippen LogP contribution >= 0.6 is 22.9 Å². The topological polar surface area (TPSA) is 29.1 Å². The van der Waals surface area contributed by atoms with Crippen molar-refractivity contribution in [3.05, 3.63) is 57.2 Å². The van der Waals surface area contributed by atoms with Crippen LogP contribution in [0, 0.1) is 0 Å². The van der Waals surface area contributed by atoms with Crippen LogP contribution in [0.5, 0.6) is 0 Å². The molecule has 88 valence electrons. The van der Waals surface area contributed by atoms with Gasteiger partial charge in [0.05, 0.1) is 10.9 Å². The van der Waals surface area contributed by atoms with Crippen molar-refractivity contribution < 1.29 is 4.79 Å². The Balaban J connectivity index is 2.07. The highest BCUT2D eigenvalue weighted by atomic mass is 35.5. The Morgan fingerprint density at radius 1 is 1.35 bits per heavy atom. The molecule has 0 unspecified atom stereocenters. The minimum Gasteiger partial charge on any atom is -0.345 e. The maximum Gasteiger partial charge on any atom is 0.261 e. The SMILES string of the molecule is C[C@H](NC(=O)c1cccs1)c1cccc(Cl)c1. The second kappa shape index (κ2) is 5.34. The van der Waals surface area contributed by atoms with Gasteiger partial charge in [-0.05, 0) is 36.1 Å². The van der Waals surface area contributed by atoms with Crippen molar-refractivity contribution in [1.29, 1.82) is 0 Å². The summed E-state index contributed by atoms with van der Waals surface area (Å²) >= 11 is 7.35. The van der Waals surface area contributed by atoms with Crippen LogP contribution in [0.15, 0.2) is 41.8 Å². The summed E-state index contributed by atoms with van der Waals surface area (Å²) in [7, 11) is 0. The first-order valence-corrected chi connectivity index (χ1v) is 6.52. The van der Waals surface area contributed by atoms with Crippen LogP contribution in [0.3, 0.4) is 0 Å². The van der Waals surface area contributed by atoms with Crippen LogP contribution in [0.4, 0.5) is 0 Å². The fraction of sp³-hybridized carbons (Fsp3) is 0.154. The summed E-state index contributed by atoms with van der Waals surface area (Å²) in [6.07, 6.45) is 0. The highest BCUT2D eigenvalue weighted by Gasteiger charge is 2.11. The molecular formula is C13H12ClNOS. The van der Waals surface area contributed by atoms with Crippen LogP contribution in [0.1, 0.15) is 28.2 Å². The van der Waals surface area contributed by atoms with Gasteiger partial charge in [-0.25, -0.2) is 0 Å². The molecule has 0 aliphatic carbocycles. The lowest BCUT2D eigenvalue weighted by Gasteiger charge is -2.13. The normalized spacial score (nSPS) is 12.1. The van der Waals surface area contributed by atoms with Crippen LogP contribution in [0.25, 0.3) is 0 Å². The first-order valence-electron chi connectivity index (χ1n) is 5.26. The molecule has 0 bridgehead atoms. The van der Waals surface area contributed by atoms with Gasteiger partial charge in [-0.15, -0.1) is 11.3 Å². The summed E-state index contributed by atoms with van der Waals surface area (Å²) < 4.78 is 0. The van der Waals surface area contributed by atoms with Gasteiger partial charge in [0.1, 0.15) is 0 Å². The van der Waals surface area contributed by atoms with E-state index in [2.05, 4.69) is 5.32 Å². The van der Waals surface area contributed by atoms with E-state index in [9.17, 15) is 4.79 Å². The molecule has 1 N–H and O–H groups in total. The largest absolute Gasteiger partial charge is 0.345 e. The van der Waals surface area contributed by atoms with E-state index in [0.717, 1.165) is 10.4 Å². The number of benzene rings is 1. The number of hydrogen-bond acceptors (Lipinski definition) is 2. The Morgan fingerprint density at radius 3 is 2.82 bits per heavy atom. The van der Waals surface area contributed by atoms with Gasteiger partial charge < -0.3 is 5.32 Å². The lowest BCUT2D eigenvalue weighted by atomic mass is 10.1. The molecule has 2 aromatic rings. The Bertz CT molecular complexity index is 510. The Morgan fingerprint density at radius 2 is 2.18 bits per heavy atom. The summed E-state index contributed by atoms with van der Waals surface area (Å²) in [6.45, 7) is 1.94. The molecule has 0 aliphatic heterocycles. The average Bonchev–Trinajstić information content (AvgIpc) is 2.82. The number of nitrogens with one attached hydrogen (secondary N) is 1. The average molecular weight is 266 g/mol. The summed E-state index contributed by atoms with van der Waals surface area (Å²) in [5, 5.41) is 5.51. The van der Waals surface area contributed by atoms with Gasteiger partial charge >= 0.3 is 0 Å². The molecule has 1 aromatic heterocycles. The molecule has 0 saturated carbocycles. The molecule has 0 saturated heterocycles. The lowest BCUT2D eigenvalue weighted by Crippen LogP contribution is -2.25. The second-order valence-electron chi connectivity index (χ2n) is 3.73. The monoisotopic (exact) mass is 265 g/mol. The lowest BCUT2D eigenvalue weighted by molar-refractivity contribution is 0.0944. The standard InChI is InChI=1S/C13H12ClNOS/c1-9(10-4-2-5-11(14)8-10)15-13(16)12-6-3-7-17-12/h2-9H,1H3,(H,15,16)/t9-/m0/s1. The fourth-order valence-electron chi connectivity index (χ4n) is 1.53. The van der Waals surface area contributed by atoms with Crippen molar-refractivity contribution in [3.63, 3.8) is 0 Å². The predicted molar refractivity (Wildman–Crippen MR) is 71.7 cm³/mol. The highest BCUT2D eigenvalue weighted by molar-refractivity contribution is 7.12. The van der Waals surface area contributed by atoms with Gasteiger partial charge in [0, 0.05) is 5.02 Å². The molecule has 1 heterocycles. The first kappa shape index (κ1) is 12.1. The van der Waals surface area contributed by atoms with E-state index >= 15 is 0 Å². The zero-order valence-electron chi connectivity index (χ0n) is 9.31. The number of carbonyl (C=O) groups is 1. The quantitative estimate of drug-likeness (QED) is 0.896. The van der Waals surface area contributed by atoms with E-state index in [-0.39, 0.29) is 11.9 Å². The minimum absolute atomic E-state index is 0.0486. The van der Waals surface area contributed by atoms with E-state index in [1.807, 2.05) is 48.7 Å². The van der Waals surface area contributed by atoms with Crippen LogP contribution in [0.2, 0.25) is 5.02 Å². The Labute approximate surface area is 109 Å². The molecule has 0 spiro atoms. The summed E-state index contributed by atoms with van der Waals surface area (Å²) in [5.74, 6) is -0.0486. The molecule has 2 nitrogen and oxygen atoms in total. The van der Waals surface area contributed by atoms with Gasteiger partial charge in [-0.1, -0.05) is 29.8 Å². The fourth-order valence-corrected chi connectivity index (χ4v) is 2.36. The summed E-state index contributed by atoms with van der Waals surface area (Å²) in [5.41, 5.74) is 1.00. The molecule has 1 amide bonds. The van der Waals surface area contributed by atoms with Gasteiger partial charge in [0.15, 0.2) is 0 Å². The second-order valence-corrected chi connectivity index (χ2v) is 5.11. The van der Waals surface area contributed by atoms with Gasteiger partial charge in [-0.3, -0.25) is 4.79 Å². The van der Waals surface area contributed by atoms with E-state index in [4.69, 9.17) is 11.6 Å². The van der Waals surface area contributed by atoms with E-state index in [0.29, 0.717) is 5.02 Å². The summed E-state index contributed by atoms with van der Waals surface area (Å²) in [4.78, 5) is 12.6. The third-order valence-corrected chi connectivity index (χ3v) is 3.54. The molecule has 0 radical (unpaired) electrons. The van der Waals surface area contributed by atoms with Crippen LogP contribution in [-0.4, -0.2) is 5.91 Å². The molecule has 1 atom stereocenters. The Kier molecular flexibility index (Phi) is 3.82. The predicted octanol–water partition coefficient (Wildman–Crippen LogP) is 3.89. The van der Waals surface area contributed by atoms with Crippen molar-refractivity contribution in [3.8, 4) is 0 Å². The maximum atomic E-state index is 11.8. The minimum atomic E-state index is -0.0525. The first-order chi connectivity index (χ1) is 8.16. The van der Waals surface area contributed by atoms with Gasteiger partial charge in [-0.2, -0.15) is 0 Å². The zero-order valence-corrected chi connectivity index (χ0v) is 10.9. The number of carbonyl (C=O) groups excluding carboxylic acids is 1. The summed E-state index contributed by atoms with van der Waals surface area (Å²) in [6, 6.07) is 11.1. The van der Waals surface area contributed by atoms with Gasteiger partial charge in [0.2, 0.25) is 0 Å². The number of thiophene rings is 1. The number of rotatable bonds is 3. The maximum absolute atomic E-state index is 11.8. The van der Waals surface area contributed by atoms with Crippen molar-refractivity contribution in [2.24, 2.45) is 0 Å². The van der Waals surface area contributed by atoms with Crippen LogP contribution in [-0.2, 0) is 0 Å². The van der Waals surface area contributed by atoms with Crippen molar-refractivity contribution in [1.82, 2.24) is 5.32 Å². The third kappa shape index (κ3) is 3.08. The van der Waals surface area contributed by atoms with Crippen molar-refractivity contribution in [2.75, 3.05) is 0 Å². The Hall–Kier alpha value is -1.32. The molecule has 0 fully saturated rings. The molecule has 2 rings (SSSR count). The third-order valence-electron chi connectivity index (χ3n) is 2.44. The van der Waals surface area contributed by atoms with Crippen molar-refractivity contribution >= 4 is 28.8 Å². The van der Waals surface area contributed by atoms with E-state index in [1.54, 1.807) is 0 Å². The number of amides is 1. The van der Waals surface area contributed by atoms with E-state index < -0.39 is 0 Å². The smallest absolute Gasteiger partial charge is 0.261 e. The number of hydrogen-bond donors (Lipinski definition) is 1.